The van der Waals surface area contributed by atoms with E-state index in [2.05, 4.69) is 20.9 Å². The molecule has 0 bridgehead atoms. The molecule has 1 aromatic heterocycles. The number of ether oxygens (including phenoxy) is 2. The molecule has 3 aromatic carbocycles. The van der Waals surface area contributed by atoms with E-state index < -0.39 is 35.3 Å². The molecular weight excluding hydrogens is 524 g/mol. The van der Waals surface area contributed by atoms with Gasteiger partial charge in [-0.2, -0.15) is 0 Å². The number of nitrogens with zero attached hydrogens (tertiary/aromatic N) is 1. The molecule has 4 aromatic rings. The van der Waals surface area contributed by atoms with Gasteiger partial charge in [-0.1, -0.05) is 91.0 Å². The lowest BCUT2D eigenvalue weighted by atomic mass is 9.80. The molecule has 5 rings (SSSR count). The van der Waals surface area contributed by atoms with E-state index in [0.29, 0.717) is 0 Å². The molecule has 2 N–H and O–H groups in total. The topological polar surface area (TPSA) is 93.6 Å². The van der Waals surface area contributed by atoms with E-state index in [1.54, 1.807) is 0 Å². The molecule has 184 valence electrons. The van der Waals surface area contributed by atoms with Crippen molar-refractivity contribution < 1.29 is 14.6 Å². The van der Waals surface area contributed by atoms with Crippen LogP contribution in [0.4, 0.5) is 0 Å². The number of hydrogen-bond donors (Lipinski definition) is 2. The van der Waals surface area contributed by atoms with Crippen LogP contribution in [0.1, 0.15) is 29.3 Å². The van der Waals surface area contributed by atoms with Gasteiger partial charge in [0.1, 0.15) is 17.9 Å². The van der Waals surface area contributed by atoms with Crippen LogP contribution in [0.25, 0.3) is 0 Å². The largest absolute Gasteiger partial charge is 0.390 e. The van der Waals surface area contributed by atoms with Gasteiger partial charge in [0.15, 0.2) is 0 Å². The Kier molecular flexibility index (Phi) is 7.02. The highest BCUT2D eigenvalue weighted by molar-refractivity contribution is 9.10. The van der Waals surface area contributed by atoms with E-state index in [4.69, 9.17) is 9.47 Å². The van der Waals surface area contributed by atoms with Crippen LogP contribution in [0.5, 0.6) is 0 Å². The maximum Gasteiger partial charge on any atom is 0.330 e. The number of rotatable bonds is 7. The predicted octanol–water partition coefficient (Wildman–Crippen LogP) is 3.96. The molecule has 7 nitrogen and oxygen atoms in total. The van der Waals surface area contributed by atoms with Gasteiger partial charge in [-0.05, 0) is 32.6 Å². The first-order valence-electron chi connectivity index (χ1n) is 11.6. The van der Waals surface area contributed by atoms with Gasteiger partial charge >= 0.3 is 5.69 Å². The predicted molar refractivity (Wildman–Crippen MR) is 139 cm³/mol. The van der Waals surface area contributed by atoms with E-state index in [-0.39, 0.29) is 17.5 Å². The van der Waals surface area contributed by atoms with Crippen molar-refractivity contribution in [2.75, 3.05) is 6.61 Å². The van der Waals surface area contributed by atoms with Crippen molar-refractivity contribution in [1.29, 1.82) is 0 Å². The Morgan fingerprint density at radius 1 is 0.917 bits per heavy atom. The molecule has 0 saturated carbocycles. The van der Waals surface area contributed by atoms with E-state index >= 15 is 0 Å². The molecule has 0 unspecified atom stereocenters. The van der Waals surface area contributed by atoms with Gasteiger partial charge < -0.3 is 14.6 Å². The third-order valence-corrected chi connectivity index (χ3v) is 7.01. The first kappa shape index (κ1) is 24.4. The average molecular weight is 549 g/mol. The van der Waals surface area contributed by atoms with Gasteiger partial charge in [-0.25, -0.2) is 4.79 Å². The SMILES string of the molecule is O=c1[nH]c(=O)n([C@H]2C[C@H](O)[C@@H](COC(c3ccccc3)(c3ccccc3)c3ccccc3)O2)cc1Br. The monoisotopic (exact) mass is 548 g/mol. The van der Waals surface area contributed by atoms with Crippen molar-refractivity contribution in [1.82, 2.24) is 9.55 Å². The molecule has 1 aliphatic heterocycles. The first-order chi connectivity index (χ1) is 17.5. The second kappa shape index (κ2) is 10.4. The van der Waals surface area contributed by atoms with Crippen molar-refractivity contribution >= 4 is 15.9 Å². The highest BCUT2D eigenvalue weighted by Gasteiger charge is 2.41. The van der Waals surface area contributed by atoms with Crippen LogP contribution in [0.3, 0.4) is 0 Å². The third-order valence-electron chi connectivity index (χ3n) is 6.44. The molecule has 36 heavy (non-hydrogen) atoms. The second-order valence-electron chi connectivity index (χ2n) is 8.67. The zero-order valence-electron chi connectivity index (χ0n) is 19.3. The lowest BCUT2D eigenvalue weighted by Crippen LogP contribution is -2.38. The van der Waals surface area contributed by atoms with Crippen molar-refractivity contribution in [2.24, 2.45) is 0 Å². The second-order valence-corrected chi connectivity index (χ2v) is 9.52. The van der Waals surface area contributed by atoms with Gasteiger partial charge in [-0.3, -0.25) is 14.3 Å². The van der Waals surface area contributed by atoms with E-state index in [9.17, 15) is 14.7 Å². The summed E-state index contributed by atoms with van der Waals surface area (Å²) in [5.41, 5.74) is 0.733. The molecule has 2 heterocycles. The zero-order chi connectivity index (χ0) is 25.1. The minimum absolute atomic E-state index is 0.0651. The van der Waals surface area contributed by atoms with Crippen molar-refractivity contribution in [2.45, 2.75) is 30.5 Å². The smallest absolute Gasteiger partial charge is 0.330 e. The number of aromatic amines is 1. The van der Waals surface area contributed by atoms with E-state index in [1.165, 1.54) is 10.8 Å². The zero-order valence-corrected chi connectivity index (χ0v) is 20.9. The van der Waals surface area contributed by atoms with Crippen LogP contribution in [-0.2, 0) is 15.1 Å². The lowest BCUT2D eigenvalue weighted by molar-refractivity contribution is -0.0944. The van der Waals surface area contributed by atoms with Gasteiger partial charge in [-0.15, -0.1) is 0 Å². The Morgan fingerprint density at radius 2 is 1.42 bits per heavy atom. The number of aliphatic hydroxyl groups is 1. The minimum Gasteiger partial charge on any atom is -0.390 e. The summed E-state index contributed by atoms with van der Waals surface area (Å²) in [6.07, 6.45) is -0.740. The normalized spacial score (nSPS) is 19.9. The number of aromatic nitrogens is 2. The van der Waals surface area contributed by atoms with Crippen LogP contribution in [0.2, 0.25) is 0 Å². The van der Waals surface area contributed by atoms with E-state index in [1.807, 2.05) is 91.0 Å². The van der Waals surface area contributed by atoms with Crippen LogP contribution in [0, 0.1) is 0 Å². The molecule has 8 heteroatoms. The van der Waals surface area contributed by atoms with Crippen LogP contribution in [0.15, 0.2) is 111 Å². The number of H-pyrrole nitrogens is 1. The van der Waals surface area contributed by atoms with E-state index in [0.717, 1.165) is 16.7 Å². The molecule has 0 radical (unpaired) electrons. The summed E-state index contributed by atoms with van der Waals surface area (Å²) < 4.78 is 14.3. The number of nitrogens with one attached hydrogen (secondary N) is 1. The van der Waals surface area contributed by atoms with Crippen molar-refractivity contribution in [3.63, 3.8) is 0 Å². The van der Waals surface area contributed by atoms with Gasteiger partial charge in [0, 0.05) is 12.6 Å². The van der Waals surface area contributed by atoms with Crippen LogP contribution < -0.4 is 11.2 Å². The quantitative estimate of drug-likeness (QED) is 0.341. The number of aliphatic hydroxyl groups excluding tert-OH is 1. The Labute approximate surface area is 216 Å². The number of benzene rings is 3. The fourth-order valence-corrected chi connectivity index (χ4v) is 5.01. The first-order valence-corrected chi connectivity index (χ1v) is 12.4. The van der Waals surface area contributed by atoms with Gasteiger partial charge in [0.2, 0.25) is 0 Å². The molecule has 1 fully saturated rings. The fourth-order valence-electron chi connectivity index (χ4n) is 4.69. The average Bonchev–Trinajstić information content (AvgIpc) is 3.28. The molecule has 0 spiro atoms. The minimum atomic E-state index is -0.956. The van der Waals surface area contributed by atoms with Crippen molar-refractivity contribution in [3.05, 3.63) is 139 Å². The van der Waals surface area contributed by atoms with Crippen molar-refractivity contribution in [3.8, 4) is 0 Å². The summed E-state index contributed by atoms with van der Waals surface area (Å²) in [6.45, 7) is 0.0651. The molecular formula is C28H25BrN2O5. The lowest BCUT2D eigenvalue weighted by Gasteiger charge is -2.37. The Bertz CT molecular complexity index is 1330. The summed E-state index contributed by atoms with van der Waals surface area (Å²) in [7, 11) is 0. The Morgan fingerprint density at radius 3 is 1.92 bits per heavy atom. The van der Waals surface area contributed by atoms with Crippen LogP contribution in [-0.4, -0.2) is 33.5 Å². The summed E-state index contributed by atoms with van der Waals surface area (Å²) >= 11 is 3.15. The van der Waals surface area contributed by atoms with Gasteiger partial charge in [0.25, 0.3) is 5.56 Å². The summed E-state index contributed by atoms with van der Waals surface area (Å²) in [4.78, 5) is 26.3. The Hall–Kier alpha value is -3.30. The third kappa shape index (κ3) is 4.60. The molecule has 0 amide bonds. The number of hydrogen-bond acceptors (Lipinski definition) is 5. The van der Waals surface area contributed by atoms with Crippen LogP contribution >= 0.6 is 15.9 Å². The molecule has 0 aliphatic carbocycles. The number of halogens is 1. The summed E-state index contributed by atoms with van der Waals surface area (Å²) in [6, 6.07) is 29.8. The summed E-state index contributed by atoms with van der Waals surface area (Å²) in [5.74, 6) is 0. The van der Waals surface area contributed by atoms with Gasteiger partial charge in [0.05, 0.1) is 17.2 Å². The highest BCUT2D eigenvalue weighted by atomic mass is 79.9. The molecule has 3 atom stereocenters. The maximum atomic E-state index is 12.4. The Balaban J connectivity index is 1.50. The molecule has 1 saturated heterocycles. The fraction of sp³-hybridized carbons (Fsp3) is 0.214. The molecule has 1 aliphatic rings. The standard InChI is InChI=1S/C28H25BrN2O5/c29-22-17-31(27(34)30-26(22)33)25-16-23(32)24(36-25)18-35-28(19-10-4-1-5-11-19,20-12-6-2-7-13-20)21-14-8-3-9-15-21/h1-15,17,23-25,32H,16,18H2,(H,30,33,34)/t23-,24+,25+/m0/s1. The highest BCUT2D eigenvalue weighted by Crippen LogP contribution is 2.41. The maximum absolute atomic E-state index is 12.4. The summed E-state index contributed by atoms with van der Waals surface area (Å²) in [5, 5.41) is 10.8.